The molecule has 1 aromatic carbocycles. The van der Waals surface area contributed by atoms with E-state index in [1.54, 1.807) is 0 Å². The van der Waals surface area contributed by atoms with Gasteiger partial charge in [-0.3, -0.25) is 9.69 Å². The fourth-order valence-corrected chi connectivity index (χ4v) is 2.28. The van der Waals surface area contributed by atoms with E-state index in [0.717, 1.165) is 19.4 Å². The molecule has 0 radical (unpaired) electrons. The van der Waals surface area contributed by atoms with Crippen molar-refractivity contribution in [2.24, 2.45) is 0 Å². The van der Waals surface area contributed by atoms with Crippen LogP contribution in [0.2, 0.25) is 0 Å². The van der Waals surface area contributed by atoms with Crippen LogP contribution in [0.1, 0.15) is 44.7 Å². The molecule has 0 bridgehead atoms. The molecule has 1 atom stereocenters. The Morgan fingerprint density at radius 2 is 1.94 bits per heavy atom. The second-order valence-electron chi connectivity index (χ2n) is 4.49. The van der Waals surface area contributed by atoms with Crippen LogP contribution in [-0.4, -0.2) is 29.1 Å². The summed E-state index contributed by atoms with van der Waals surface area (Å²) >= 11 is 0. The lowest BCUT2D eigenvalue weighted by Gasteiger charge is -2.30. The van der Waals surface area contributed by atoms with E-state index >= 15 is 0 Å². The van der Waals surface area contributed by atoms with E-state index in [0.29, 0.717) is 12.6 Å². The molecular formula is C15H23NO2. The van der Waals surface area contributed by atoms with Crippen molar-refractivity contribution in [3.05, 3.63) is 35.9 Å². The predicted molar refractivity (Wildman–Crippen MR) is 73.6 cm³/mol. The molecule has 0 aliphatic rings. The fourth-order valence-electron chi connectivity index (χ4n) is 2.28. The van der Waals surface area contributed by atoms with Crippen molar-refractivity contribution in [1.29, 1.82) is 0 Å². The molecule has 0 amide bonds. The number of nitrogens with zero attached hydrogens (tertiary/aromatic N) is 1. The number of carboxylic acids is 1. The van der Waals surface area contributed by atoms with Gasteiger partial charge in [-0.2, -0.15) is 0 Å². The Morgan fingerprint density at radius 3 is 2.44 bits per heavy atom. The van der Waals surface area contributed by atoms with Gasteiger partial charge in [0.05, 0.1) is 6.42 Å². The van der Waals surface area contributed by atoms with Gasteiger partial charge in [0.25, 0.3) is 0 Å². The van der Waals surface area contributed by atoms with Gasteiger partial charge >= 0.3 is 5.97 Å². The number of benzene rings is 1. The van der Waals surface area contributed by atoms with Gasteiger partial charge in [-0.15, -0.1) is 0 Å². The molecule has 1 rings (SSSR count). The third kappa shape index (κ3) is 4.49. The minimum absolute atomic E-state index is 0.209. The molecule has 0 aromatic heterocycles. The Hall–Kier alpha value is -1.35. The van der Waals surface area contributed by atoms with Crippen LogP contribution in [0.15, 0.2) is 30.3 Å². The molecule has 1 N–H and O–H groups in total. The first-order valence-electron chi connectivity index (χ1n) is 6.69. The third-order valence-corrected chi connectivity index (χ3v) is 3.21. The van der Waals surface area contributed by atoms with Crippen LogP contribution in [0, 0.1) is 0 Å². The van der Waals surface area contributed by atoms with Crippen molar-refractivity contribution in [3.8, 4) is 0 Å². The molecule has 0 saturated heterocycles. The minimum Gasteiger partial charge on any atom is -0.481 e. The van der Waals surface area contributed by atoms with Gasteiger partial charge in [0.15, 0.2) is 0 Å². The van der Waals surface area contributed by atoms with E-state index in [4.69, 9.17) is 5.11 Å². The van der Waals surface area contributed by atoms with Crippen LogP contribution in [0.5, 0.6) is 0 Å². The van der Waals surface area contributed by atoms with E-state index in [1.807, 2.05) is 18.2 Å². The normalized spacial score (nSPS) is 12.6. The summed E-state index contributed by atoms with van der Waals surface area (Å²) in [4.78, 5) is 13.0. The summed E-state index contributed by atoms with van der Waals surface area (Å²) in [6.07, 6.45) is 2.38. The summed E-state index contributed by atoms with van der Waals surface area (Å²) in [5, 5.41) is 8.81. The zero-order valence-electron chi connectivity index (χ0n) is 11.3. The van der Waals surface area contributed by atoms with Crippen molar-refractivity contribution in [1.82, 2.24) is 4.90 Å². The SMILES string of the molecule is CCCC(c1ccccc1)N(CC)CCC(=O)O. The first-order valence-corrected chi connectivity index (χ1v) is 6.69. The van der Waals surface area contributed by atoms with E-state index in [-0.39, 0.29) is 6.42 Å². The van der Waals surface area contributed by atoms with Crippen molar-refractivity contribution < 1.29 is 9.90 Å². The molecule has 3 heteroatoms. The maximum atomic E-state index is 10.7. The quantitative estimate of drug-likeness (QED) is 0.768. The van der Waals surface area contributed by atoms with Gasteiger partial charge in [-0.05, 0) is 18.5 Å². The lowest BCUT2D eigenvalue weighted by molar-refractivity contribution is -0.137. The van der Waals surface area contributed by atoms with Crippen molar-refractivity contribution in [2.45, 2.75) is 39.2 Å². The van der Waals surface area contributed by atoms with Crippen LogP contribution >= 0.6 is 0 Å². The van der Waals surface area contributed by atoms with Crippen molar-refractivity contribution >= 4 is 5.97 Å². The van der Waals surface area contributed by atoms with Gasteiger partial charge in [0, 0.05) is 12.6 Å². The number of rotatable bonds is 8. The monoisotopic (exact) mass is 249 g/mol. The first-order chi connectivity index (χ1) is 8.69. The average Bonchev–Trinajstić information content (AvgIpc) is 2.39. The van der Waals surface area contributed by atoms with Crippen LogP contribution in [0.3, 0.4) is 0 Å². The highest BCUT2D eigenvalue weighted by Crippen LogP contribution is 2.25. The highest BCUT2D eigenvalue weighted by Gasteiger charge is 2.18. The fraction of sp³-hybridized carbons (Fsp3) is 0.533. The van der Waals surface area contributed by atoms with E-state index in [2.05, 4.69) is 30.9 Å². The summed E-state index contributed by atoms with van der Waals surface area (Å²) in [7, 11) is 0. The van der Waals surface area contributed by atoms with Gasteiger partial charge < -0.3 is 5.11 Å². The summed E-state index contributed by atoms with van der Waals surface area (Å²) in [5.74, 6) is -0.725. The molecule has 1 unspecified atom stereocenters. The van der Waals surface area contributed by atoms with Gasteiger partial charge in [-0.1, -0.05) is 50.6 Å². The number of aliphatic carboxylic acids is 1. The predicted octanol–water partition coefficient (Wildman–Crippen LogP) is 3.32. The Bertz CT molecular complexity index is 351. The largest absolute Gasteiger partial charge is 0.481 e. The second-order valence-corrected chi connectivity index (χ2v) is 4.49. The Balaban J connectivity index is 2.78. The molecule has 0 fully saturated rings. The van der Waals surface area contributed by atoms with Gasteiger partial charge in [-0.25, -0.2) is 0 Å². The minimum atomic E-state index is -0.725. The number of carbonyl (C=O) groups is 1. The zero-order valence-corrected chi connectivity index (χ0v) is 11.3. The molecule has 100 valence electrons. The summed E-state index contributed by atoms with van der Waals surface area (Å²) < 4.78 is 0. The van der Waals surface area contributed by atoms with Crippen molar-refractivity contribution in [2.75, 3.05) is 13.1 Å². The van der Waals surface area contributed by atoms with Crippen LogP contribution in [0.25, 0.3) is 0 Å². The second kappa shape index (κ2) is 7.88. The average molecular weight is 249 g/mol. The van der Waals surface area contributed by atoms with Crippen LogP contribution < -0.4 is 0 Å². The number of hydrogen-bond donors (Lipinski definition) is 1. The summed E-state index contributed by atoms with van der Waals surface area (Å²) in [6, 6.07) is 10.7. The highest BCUT2D eigenvalue weighted by atomic mass is 16.4. The smallest absolute Gasteiger partial charge is 0.304 e. The maximum Gasteiger partial charge on any atom is 0.304 e. The first kappa shape index (κ1) is 14.7. The summed E-state index contributed by atoms with van der Waals surface area (Å²) in [5.41, 5.74) is 1.28. The molecule has 0 heterocycles. The van der Waals surface area contributed by atoms with E-state index in [1.165, 1.54) is 5.56 Å². The van der Waals surface area contributed by atoms with Gasteiger partial charge in [0.1, 0.15) is 0 Å². The lowest BCUT2D eigenvalue weighted by Crippen LogP contribution is -2.30. The Morgan fingerprint density at radius 1 is 1.28 bits per heavy atom. The van der Waals surface area contributed by atoms with Crippen molar-refractivity contribution in [3.63, 3.8) is 0 Å². The molecule has 0 saturated carbocycles. The van der Waals surface area contributed by atoms with Crippen LogP contribution in [0.4, 0.5) is 0 Å². The zero-order chi connectivity index (χ0) is 13.4. The molecule has 3 nitrogen and oxygen atoms in total. The third-order valence-electron chi connectivity index (χ3n) is 3.21. The molecule has 0 aliphatic carbocycles. The van der Waals surface area contributed by atoms with E-state index in [9.17, 15) is 4.79 Å². The summed E-state index contributed by atoms with van der Waals surface area (Å²) in [6.45, 7) is 5.76. The maximum absolute atomic E-state index is 10.7. The molecular weight excluding hydrogens is 226 g/mol. The number of hydrogen-bond acceptors (Lipinski definition) is 2. The lowest BCUT2D eigenvalue weighted by atomic mass is 10.0. The van der Waals surface area contributed by atoms with Gasteiger partial charge in [0.2, 0.25) is 0 Å². The Kier molecular flexibility index (Phi) is 6.44. The molecule has 1 aromatic rings. The number of carboxylic acid groups (broad SMARTS) is 1. The Labute approximate surface area is 109 Å². The standard InChI is InChI=1S/C15H23NO2/c1-3-8-14(13-9-6-5-7-10-13)16(4-2)12-11-15(17)18/h5-7,9-10,14H,3-4,8,11-12H2,1-2H3,(H,17,18). The topological polar surface area (TPSA) is 40.5 Å². The highest BCUT2D eigenvalue weighted by molar-refractivity contribution is 5.66. The molecule has 18 heavy (non-hydrogen) atoms. The molecule has 0 spiro atoms. The molecule has 0 aliphatic heterocycles. The van der Waals surface area contributed by atoms with Crippen LogP contribution in [-0.2, 0) is 4.79 Å². The van der Waals surface area contributed by atoms with E-state index < -0.39 is 5.97 Å².